The van der Waals surface area contributed by atoms with Crippen molar-refractivity contribution in [1.82, 2.24) is 9.97 Å². The van der Waals surface area contributed by atoms with Gasteiger partial charge in [0.25, 0.3) is 0 Å². The lowest BCUT2D eigenvalue weighted by Crippen LogP contribution is -2.03. The van der Waals surface area contributed by atoms with Crippen molar-refractivity contribution in [2.24, 2.45) is 0 Å². The summed E-state index contributed by atoms with van der Waals surface area (Å²) in [6, 6.07) is 17.1. The van der Waals surface area contributed by atoms with E-state index in [0.717, 1.165) is 0 Å². The van der Waals surface area contributed by atoms with Gasteiger partial charge in [-0.3, -0.25) is 4.79 Å². The van der Waals surface area contributed by atoms with Crippen LogP contribution in [-0.2, 0) is 0 Å². The number of hydrogen-bond acceptors (Lipinski definition) is 9. The predicted octanol–water partition coefficient (Wildman–Crippen LogP) is 5.59. The van der Waals surface area contributed by atoms with Crippen LogP contribution in [-0.4, -0.2) is 42.2 Å². The first kappa shape index (κ1) is 25.1. The van der Waals surface area contributed by atoms with Crippen LogP contribution in [0.4, 0.5) is 23.0 Å². The van der Waals surface area contributed by atoms with Crippen LogP contribution in [0.15, 0.2) is 79.1 Å². The smallest absolute Gasteiger partial charge is 0.203 e. The molecule has 0 aliphatic carbocycles. The molecule has 4 aromatic rings. The fourth-order valence-electron chi connectivity index (χ4n) is 3.59. The van der Waals surface area contributed by atoms with Gasteiger partial charge in [-0.15, -0.1) is 0 Å². The third-order valence-electron chi connectivity index (χ3n) is 5.38. The van der Waals surface area contributed by atoms with Crippen molar-refractivity contribution in [3.8, 4) is 23.0 Å². The SMILES string of the molecule is COc1cc(Nc2ncccc2C=CC(=O)c2cccnc2Nc2ccc(O)cc2)cc(OC)c1OC. The van der Waals surface area contributed by atoms with E-state index < -0.39 is 0 Å². The molecule has 0 aliphatic heterocycles. The summed E-state index contributed by atoms with van der Waals surface area (Å²) >= 11 is 0. The number of phenols is 1. The van der Waals surface area contributed by atoms with Gasteiger partial charge >= 0.3 is 0 Å². The standard InChI is InChI=1S/C28H26N4O5/c1-35-24-16-20(17-25(36-2)26(24)37-3)32-27-18(6-4-14-29-27)8-13-23(34)22-7-5-15-30-28(22)31-19-9-11-21(33)12-10-19/h4-17,33H,1-3H3,(H,29,32)(H,30,31). The van der Waals surface area contributed by atoms with Gasteiger partial charge in [0.1, 0.15) is 17.4 Å². The van der Waals surface area contributed by atoms with Crippen molar-refractivity contribution in [3.05, 3.63) is 90.3 Å². The Hall–Kier alpha value is -5.05. The van der Waals surface area contributed by atoms with E-state index in [0.29, 0.717) is 51.4 Å². The number of carbonyl (C=O) groups is 1. The number of ketones is 1. The Bertz CT molecular complexity index is 1400. The number of pyridine rings is 2. The Balaban J connectivity index is 1.57. The van der Waals surface area contributed by atoms with E-state index in [-0.39, 0.29) is 11.5 Å². The third-order valence-corrected chi connectivity index (χ3v) is 5.38. The zero-order chi connectivity index (χ0) is 26.2. The van der Waals surface area contributed by atoms with Gasteiger partial charge in [-0.1, -0.05) is 0 Å². The molecule has 4 rings (SSSR count). The number of anilines is 4. The summed E-state index contributed by atoms with van der Waals surface area (Å²) in [4.78, 5) is 21.8. The number of phenolic OH excluding ortho intramolecular Hbond substituents is 1. The number of methoxy groups -OCH3 is 3. The average Bonchev–Trinajstić information content (AvgIpc) is 2.93. The van der Waals surface area contributed by atoms with Crippen LogP contribution in [0.2, 0.25) is 0 Å². The Kier molecular flexibility index (Phi) is 7.85. The van der Waals surface area contributed by atoms with E-state index in [4.69, 9.17) is 14.2 Å². The molecule has 0 spiro atoms. The second-order valence-electron chi connectivity index (χ2n) is 7.75. The van der Waals surface area contributed by atoms with Gasteiger partial charge in [-0.2, -0.15) is 0 Å². The van der Waals surface area contributed by atoms with E-state index in [1.807, 2.05) is 6.07 Å². The molecule has 188 valence electrons. The molecule has 2 aromatic carbocycles. The molecule has 37 heavy (non-hydrogen) atoms. The maximum atomic E-state index is 13.1. The van der Waals surface area contributed by atoms with Gasteiger partial charge in [-0.25, -0.2) is 9.97 Å². The van der Waals surface area contributed by atoms with Gasteiger partial charge in [0.05, 0.1) is 26.9 Å². The van der Waals surface area contributed by atoms with E-state index in [2.05, 4.69) is 20.6 Å². The molecular formula is C28H26N4O5. The number of benzene rings is 2. The van der Waals surface area contributed by atoms with E-state index in [1.165, 1.54) is 6.08 Å². The Labute approximate surface area is 214 Å². The molecule has 0 atom stereocenters. The molecule has 0 unspecified atom stereocenters. The van der Waals surface area contributed by atoms with E-state index in [9.17, 15) is 9.90 Å². The lowest BCUT2D eigenvalue weighted by molar-refractivity contribution is 0.104. The van der Waals surface area contributed by atoms with Gasteiger partial charge in [-0.05, 0) is 60.7 Å². The molecule has 2 aromatic heterocycles. The van der Waals surface area contributed by atoms with Crippen molar-refractivity contribution in [3.63, 3.8) is 0 Å². The maximum Gasteiger partial charge on any atom is 0.203 e. The van der Waals surface area contributed by atoms with Crippen molar-refractivity contribution in [2.75, 3.05) is 32.0 Å². The number of carbonyl (C=O) groups excluding carboxylic acids is 1. The quantitative estimate of drug-likeness (QED) is 0.146. The van der Waals surface area contributed by atoms with Crippen LogP contribution in [0.3, 0.4) is 0 Å². The highest BCUT2D eigenvalue weighted by Crippen LogP contribution is 2.40. The topological polar surface area (TPSA) is 115 Å². The average molecular weight is 499 g/mol. The third kappa shape index (κ3) is 5.96. The second-order valence-corrected chi connectivity index (χ2v) is 7.75. The van der Waals surface area contributed by atoms with Crippen molar-refractivity contribution in [2.45, 2.75) is 0 Å². The highest BCUT2D eigenvalue weighted by atomic mass is 16.5. The number of ether oxygens (including phenoxy) is 3. The van der Waals surface area contributed by atoms with Crippen molar-refractivity contribution >= 4 is 34.9 Å². The minimum absolute atomic E-state index is 0.151. The van der Waals surface area contributed by atoms with Crippen LogP contribution in [0, 0.1) is 0 Å². The number of aromatic hydroxyl groups is 1. The molecule has 0 saturated heterocycles. The molecular weight excluding hydrogens is 472 g/mol. The first-order valence-corrected chi connectivity index (χ1v) is 11.3. The van der Waals surface area contributed by atoms with Crippen LogP contribution < -0.4 is 24.8 Å². The van der Waals surface area contributed by atoms with Gasteiger partial charge in [0.2, 0.25) is 5.75 Å². The zero-order valence-corrected chi connectivity index (χ0v) is 20.6. The summed E-state index contributed by atoms with van der Waals surface area (Å²) in [5.41, 5.74) is 2.46. The minimum Gasteiger partial charge on any atom is -0.508 e. The van der Waals surface area contributed by atoms with Crippen molar-refractivity contribution in [1.29, 1.82) is 0 Å². The fraction of sp³-hybridized carbons (Fsp3) is 0.107. The summed E-state index contributed by atoms with van der Waals surface area (Å²) < 4.78 is 16.2. The highest BCUT2D eigenvalue weighted by Gasteiger charge is 2.15. The molecule has 0 saturated carbocycles. The molecule has 0 amide bonds. The summed E-state index contributed by atoms with van der Waals surface area (Å²) in [5.74, 6) is 2.33. The van der Waals surface area contributed by atoms with Crippen LogP contribution in [0.5, 0.6) is 23.0 Å². The van der Waals surface area contributed by atoms with Gasteiger partial charge in [0.15, 0.2) is 17.3 Å². The van der Waals surface area contributed by atoms with Crippen LogP contribution >= 0.6 is 0 Å². The number of nitrogens with zero attached hydrogens (tertiary/aromatic N) is 2. The molecule has 9 nitrogen and oxygen atoms in total. The summed E-state index contributed by atoms with van der Waals surface area (Å²) in [6.07, 6.45) is 6.41. The normalized spacial score (nSPS) is 10.7. The molecule has 0 fully saturated rings. The van der Waals surface area contributed by atoms with E-state index in [1.54, 1.807) is 94.4 Å². The predicted molar refractivity (Wildman–Crippen MR) is 143 cm³/mol. The highest BCUT2D eigenvalue weighted by molar-refractivity contribution is 6.10. The second kappa shape index (κ2) is 11.6. The summed E-state index contributed by atoms with van der Waals surface area (Å²) in [6.45, 7) is 0. The molecule has 0 aliphatic rings. The molecule has 9 heteroatoms. The van der Waals surface area contributed by atoms with Crippen LogP contribution in [0.1, 0.15) is 15.9 Å². The lowest BCUT2D eigenvalue weighted by atomic mass is 10.1. The van der Waals surface area contributed by atoms with Crippen molar-refractivity contribution < 1.29 is 24.1 Å². The molecule has 2 heterocycles. The zero-order valence-electron chi connectivity index (χ0n) is 20.6. The monoisotopic (exact) mass is 498 g/mol. The number of hydrogen-bond donors (Lipinski definition) is 3. The Morgan fingerprint density at radius 2 is 1.43 bits per heavy atom. The summed E-state index contributed by atoms with van der Waals surface area (Å²) in [5, 5.41) is 15.9. The largest absolute Gasteiger partial charge is 0.508 e. The molecule has 0 radical (unpaired) electrons. The first-order chi connectivity index (χ1) is 18.0. The first-order valence-electron chi connectivity index (χ1n) is 11.3. The maximum absolute atomic E-state index is 13.1. The minimum atomic E-state index is -0.239. The molecule has 0 bridgehead atoms. The number of allylic oxidation sites excluding steroid dienone is 1. The number of nitrogens with one attached hydrogen (secondary N) is 2. The van der Waals surface area contributed by atoms with Crippen LogP contribution in [0.25, 0.3) is 6.08 Å². The number of aromatic nitrogens is 2. The van der Waals surface area contributed by atoms with Gasteiger partial charge in [0, 0.05) is 41.5 Å². The Morgan fingerprint density at radius 1 is 0.811 bits per heavy atom. The lowest BCUT2D eigenvalue weighted by Gasteiger charge is -2.15. The summed E-state index contributed by atoms with van der Waals surface area (Å²) in [7, 11) is 4.63. The molecule has 3 N–H and O–H groups in total. The van der Waals surface area contributed by atoms with E-state index >= 15 is 0 Å². The Morgan fingerprint density at radius 3 is 2.08 bits per heavy atom. The van der Waals surface area contributed by atoms with Gasteiger partial charge < -0.3 is 30.0 Å². The fourth-order valence-corrected chi connectivity index (χ4v) is 3.59. The number of rotatable bonds is 10.